The molecule has 1 unspecified atom stereocenters. The molecule has 21 heavy (non-hydrogen) atoms. The molecule has 1 fully saturated rings. The predicted molar refractivity (Wildman–Crippen MR) is 85.1 cm³/mol. The SMILES string of the molecule is COCCNCC(c1ccccc1F)C1CCCCCC1. The van der Waals surface area contributed by atoms with E-state index in [2.05, 4.69) is 5.32 Å². The lowest BCUT2D eigenvalue weighted by molar-refractivity contribution is 0.197. The van der Waals surface area contributed by atoms with E-state index in [0.29, 0.717) is 12.5 Å². The van der Waals surface area contributed by atoms with Gasteiger partial charge in [-0.3, -0.25) is 0 Å². The Bertz CT molecular complexity index is 402. The van der Waals surface area contributed by atoms with E-state index >= 15 is 0 Å². The quantitative estimate of drug-likeness (QED) is 0.603. The largest absolute Gasteiger partial charge is 0.383 e. The van der Waals surface area contributed by atoms with Gasteiger partial charge in [-0.2, -0.15) is 0 Å². The van der Waals surface area contributed by atoms with Crippen molar-refractivity contribution < 1.29 is 9.13 Å². The van der Waals surface area contributed by atoms with E-state index < -0.39 is 0 Å². The average Bonchev–Trinajstić information content (AvgIpc) is 2.78. The number of hydrogen-bond donors (Lipinski definition) is 1. The van der Waals surface area contributed by atoms with E-state index in [1.54, 1.807) is 19.2 Å². The van der Waals surface area contributed by atoms with Gasteiger partial charge in [0.1, 0.15) is 5.82 Å². The van der Waals surface area contributed by atoms with Gasteiger partial charge in [0.2, 0.25) is 0 Å². The number of benzene rings is 1. The molecule has 1 aromatic carbocycles. The maximum absolute atomic E-state index is 14.2. The summed E-state index contributed by atoms with van der Waals surface area (Å²) in [6.45, 7) is 2.37. The maximum Gasteiger partial charge on any atom is 0.126 e. The lowest BCUT2D eigenvalue weighted by Gasteiger charge is -2.27. The summed E-state index contributed by atoms with van der Waals surface area (Å²) in [5.74, 6) is 0.820. The Balaban J connectivity index is 2.07. The van der Waals surface area contributed by atoms with Gasteiger partial charge in [0.25, 0.3) is 0 Å². The molecule has 1 atom stereocenters. The summed E-state index contributed by atoms with van der Waals surface area (Å²) in [6, 6.07) is 7.29. The lowest BCUT2D eigenvalue weighted by Crippen LogP contribution is -2.29. The second kappa shape index (κ2) is 9.16. The topological polar surface area (TPSA) is 21.3 Å². The van der Waals surface area contributed by atoms with Crippen LogP contribution < -0.4 is 5.32 Å². The molecule has 0 radical (unpaired) electrons. The van der Waals surface area contributed by atoms with Crippen molar-refractivity contribution in [3.05, 3.63) is 35.6 Å². The number of halogens is 1. The minimum Gasteiger partial charge on any atom is -0.383 e. The Kier molecular flexibility index (Phi) is 7.17. The summed E-state index contributed by atoms with van der Waals surface area (Å²) in [5.41, 5.74) is 0.884. The van der Waals surface area contributed by atoms with Crippen LogP contribution in [0, 0.1) is 11.7 Å². The first-order valence-electron chi connectivity index (χ1n) is 8.27. The summed E-state index contributed by atoms with van der Waals surface area (Å²) in [7, 11) is 1.71. The molecule has 2 rings (SSSR count). The Labute approximate surface area is 128 Å². The molecule has 3 heteroatoms. The Morgan fingerprint density at radius 3 is 2.57 bits per heavy atom. The molecule has 2 nitrogen and oxygen atoms in total. The zero-order valence-corrected chi connectivity index (χ0v) is 13.1. The van der Waals surface area contributed by atoms with Gasteiger partial charge in [-0.1, -0.05) is 43.9 Å². The molecule has 0 saturated heterocycles. The molecular formula is C18H28FNO. The van der Waals surface area contributed by atoms with E-state index in [-0.39, 0.29) is 11.7 Å². The molecule has 1 saturated carbocycles. The van der Waals surface area contributed by atoms with Crippen LogP contribution in [0.1, 0.15) is 50.0 Å². The lowest BCUT2D eigenvalue weighted by atomic mass is 9.81. The van der Waals surface area contributed by atoms with Gasteiger partial charge >= 0.3 is 0 Å². The van der Waals surface area contributed by atoms with E-state index in [1.165, 1.54) is 38.5 Å². The van der Waals surface area contributed by atoms with Crippen molar-refractivity contribution in [2.24, 2.45) is 5.92 Å². The van der Waals surface area contributed by atoms with Gasteiger partial charge in [-0.05, 0) is 30.4 Å². The zero-order valence-electron chi connectivity index (χ0n) is 13.1. The van der Waals surface area contributed by atoms with Gasteiger partial charge in [-0.25, -0.2) is 4.39 Å². The molecule has 1 N–H and O–H groups in total. The Hall–Kier alpha value is -0.930. The number of hydrogen-bond acceptors (Lipinski definition) is 2. The van der Waals surface area contributed by atoms with Crippen LogP contribution in [0.25, 0.3) is 0 Å². The number of rotatable bonds is 7. The molecule has 0 aliphatic heterocycles. The molecule has 0 spiro atoms. The first-order chi connectivity index (χ1) is 10.3. The fourth-order valence-corrected chi connectivity index (χ4v) is 3.45. The smallest absolute Gasteiger partial charge is 0.126 e. The minimum absolute atomic E-state index is 0.0553. The molecule has 0 aromatic heterocycles. The average molecular weight is 293 g/mol. The molecule has 1 aliphatic carbocycles. The van der Waals surface area contributed by atoms with Gasteiger partial charge in [-0.15, -0.1) is 0 Å². The first kappa shape index (κ1) is 16.4. The molecule has 118 valence electrons. The van der Waals surface area contributed by atoms with Crippen LogP contribution in [0.2, 0.25) is 0 Å². The van der Waals surface area contributed by atoms with Crippen LogP contribution in [0.4, 0.5) is 4.39 Å². The number of ether oxygens (including phenoxy) is 1. The van der Waals surface area contributed by atoms with Crippen LogP contribution in [-0.4, -0.2) is 26.8 Å². The second-order valence-electron chi connectivity index (χ2n) is 6.08. The Morgan fingerprint density at radius 2 is 1.90 bits per heavy atom. The monoisotopic (exact) mass is 293 g/mol. The second-order valence-corrected chi connectivity index (χ2v) is 6.08. The Morgan fingerprint density at radius 1 is 1.19 bits per heavy atom. The summed E-state index contributed by atoms with van der Waals surface area (Å²) in [6.07, 6.45) is 7.69. The van der Waals surface area contributed by atoms with Crippen molar-refractivity contribution in [2.75, 3.05) is 26.8 Å². The van der Waals surface area contributed by atoms with Gasteiger partial charge in [0.15, 0.2) is 0 Å². The fourth-order valence-electron chi connectivity index (χ4n) is 3.45. The van der Waals surface area contributed by atoms with Crippen LogP contribution in [-0.2, 0) is 4.74 Å². The number of methoxy groups -OCH3 is 1. The molecule has 1 aromatic rings. The van der Waals surface area contributed by atoms with Crippen LogP contribution >= 0.6 is 0 Å². The summed E-state index contributed by atoms with van der Waals surface area (Å²) in [5, 5.41) is 3.44. The van der Waals surface area contributed by atoms with Crippen LogP contribution in [0.5, 0.6) is 0 Å². The molecule has 1 aliphatic rings. The molecule has 0 heterocycles. The summed E-state index contributed by atoms with van der Waals surface area (Å²) in [4.78, 5) is 0. The van der Waals surface area contributed by atoms with Gasteiger partial charge in [0, 0.05) is 26.1 Å². The maximum atomic E-state index is 14.2. The van der Waals surface area contributed by atoms with Crippen molar-refractivity contribution in [2.45, 2.75) is 44.4 Å². The van der Waals surface area contributed by atoms with Crippen molar-refractivity contribution in [1.29, 1.82) is 0 Å². The van der Waals surface area contributed by atoms with E-state index in [9.17, 15) is 4.39 Å². The van der Waals surface area contributed by atoms with Crippen molar-refractivity contribution in [3.63, 3.8) is 0 Å². The third-order valence-corrected chi connectivity index (χ3v) is 4.62. The summed E-state index contributed by atoms with van der Waals surface area (Å²) < 4.78 is 19.3. The van der Waals surface area contributed by atoms with Crippen LogP contribution in [0.15, 0.2) is 24.3 Å². The highest BCUT2D eigenvalue weighted by Crippen LogP contribution is 2.35. The highest BCUT2D eigenvalue weighted by atomic mass is 19.1. The van der Waals surface area contributed by atoms with Crippen LogP contribution in [0.3, 0.4) is 0 Å². The number of nitrogens with one attached hydrogen (secondary N) is 1. The van der Waals surface area contributed by atoms with E-state index in [0.717, 1.165) is 18.7 Å². The fraction of sp³-hybridized carbons (Fsp3) is 0.667. The molecule has 0 bridgehead atoms. The third-order valence-electron chi connectivity index (χ3n) is 4.62. The minimum atomic E-state index is -0.0553. The van der Waals surface area contributed by atoms with E-state index in [1.807, 2.05) is 12.1 Å². The molecular weight excluding hydrogens is 265 g/mol. The zero-order chi connectivity index (χ0) is 14.9. The normalized spacial score (nSPS) is 18.4. The van der Waals surface area contributed by atoms with E-state index in [4.69, 9.17) is 4.74 Å². The van der Waals surface area contributed by atoms with Gasteiger partial charge in [0.05, 0.1) is 6.61 Å². The van der Waals surface area contributed by atoms with Crippen molar-refractivity contribution in [1.82, 2.24) is 5.32 Å². The van der Waals surface area contributed by atoms with Crippen molar-refractivity contribution >= 4 is 0 Å². The summed E-state index contributed by atoms with van der Waals surface area (Å²) >= 11 is 0. The van der Waals surface area contributed by atoms with Gasteiger partial charge < -0.3 is 10.1 Å². The predicted octanol–water partition coefficient (Wildman–Crippen LogP) is 4.12. The third kappa shape index (κ3) is 5.08. The first-order valence-corrected chi connectivity index (χ1v) is 8.27. The van der Waals surface area contributed by atoms with Crippen molar-refractivity contribution in [3.8, 4) is 0 Å². The molecule has 0 amide bonds. The highest BCUT2D eigenvalue weighted by molar-refractivity contribution is 5.23. The highest BCUT2D eigenvalue weighted by Gasteiger charge is 2.25. The standard InChI is InChI=1S/C18H28FNO/c1-21-13-12-20-14-17(15-8-4-2-3-5-9-15)16-10-6-7-11-18(16)19/h6-7,10-11,15,17,20H,2-5,8-9,12-14H2,1H3.